The molecule has 0 aliphatic heterocycles. The summed E-state index contributed by atoms with van der Waals surface area (Å²) in [6.45, 7) is 7.09. The molecule has 3 heteroatoms. The van der Waals surface area contributed by atoms with Crippen molar-refractivity contribution in [3.8, 4) is 11.1 Å². The van der Waals surface area contributed by atoms with Crippen LogP contribution in [-0.2, 0) is 13.5 Å². The number of hydrogen-bond acceptors (Lipinski definition) is 2. The first-order chi connectivity index (χ1) is 8.52. The van der Waals surface area contributed by atoms with Crippen LogP contribution in [0.5, 0.6) is 0 Å². The van der Waals surface area contributed by atoms with E-state index in [0.29, 0.717) is 6.54 Å². The first kappa shape index (κ1) is 12.8. The molecule has 0 aliphatic carbocycles. The van der Waals surface area contributed by atoms with Gasteiger partial charge in [-0.1, -0.05) is 12.1 Å². The first-order valence-electron chi connectivity index (χ1n) is 6.33. The van der Waals surface area contributed by atoms with Crippen molar-refractivity contribution in [2.24, 2.45) is 12.8 Å². The molecule has 0 aliphatic rings. The highest BCUT2D eigenvalue weighted by atomic mass is 15.2. The molecule has 1 heterocycles. The van der Waals surface area contributed by atoms with Crippen LogP contribution in [0.4, 0.5) is 0 Å². The normalized spacial score (nSPS) is 10.9. The molecule has 0 spiro atoms. The van der Waals surface area contributed by atoms with E-state index < -0.39 is 0 Å². The Kier molecular flexibility index (Phi) is 3.53. The number of hydrogen-bond donors (Lipinski definition) is 1. The van der Waals surface area contributed by atoms with E-state index in [2.05, 4.69) is 44.2 Å². The van der Waals surface area contributed by atoms with E-state index in [0.717, 1.165) is 12.1 Å². The van der Waals surface area contributed by atoms with Crippen molar-refractivity contribution >= 4 is 0 Å². The number of benzene rings is 1. The molecule has 0 unspecified atom stereocenters. The number of aryl methyl sites for hydroxylation is 4. The van der Waals surface area contributed by atoms with Gasteiger partial charge in [0.05, 0.1) is 5.69 Å². The van der Waals surface area contributed by atoms with Crippen molar-refractivity contribution in [2.45, 2.75) is 27.2 Å². The van der Waals surface area contributed by atoms with Crippen LogP contribution in [0.2, 0.25) is 0 Å². The minimum Gasteiger partial charge on any atom is -0.330 e. The molecule has 0 radical (unpaired) electrons. The minimum absolute atomic E-state index is 0.633. The summed E-state index contributed by atoms with van der Waals surface area (Å²) < 4.78 is 1.87. The van der Waals surface area contributed by atoms with Crippen molar-refractivity contribution in [1.29, 1.82) is 0 Å². The third-order valence-electron chi connectivity index (χ3n) is 3.42. The summed E-state index contributed by atoms with van der Waals surface area (Å²) in [6, 6.07) is 4.49. The molecule has 2 aromatic rings. The van der Waals surface area contributed by atoms with Gasteiger partial charge >= 0.3 is 0 Å². The zero-order valence-corrected chi connectivity index (χ0v) is 11.6. The molecule has 2 N–H and O–H groups in total. The Balaban J connectivity index is 2.57. The maximum atomic E-state index is 5.66. The summed E-state index contributed by atoms with van der Waals surface area (Å²) in [4.78, 5) is 0. The number of nitrogens with two attached hydrogens (primary N) is 1. The lowest BCUT2D eigenvalue weighted by Gasteiger charge is -2.09. The molecule has 2 rings (SSSR count). The van der Waals surface area contributed by atoms with Gasteiger partial charge in [-0.25, -0.2) is 0 Å². The highest BCUT2D eigenvalue weighted by Crippen LogP contribution is 2.28. The van der Waals surface area contributed by atoms with Crippen molar-refractivity contribution in [1.82, 2.24) is 9.78 Å². The van der Waals surface area contributed by atoms with Crippen LogP contribution in [0.3, 0.4) is 0 Å². The Morgan fingerprint density at radius 1 is 1.06 bits per heavy atom. The molecule has 0 fully saturated rings. The van der Waals surface area contributed by atoms with Gasteiger partial charge < -0.3 is 5.73 Å². The summed E-state index contributed by atoms with van der Waals surface area (Å²) in [5.74, 6) is 0. The Labute approximate surface area is 109 Å². The van der Waals surface area contributed by atoms with E-state index >= 15 is 0 Å². The summed E-state index contributed by atoms with van der Waals surface area (Å²) in [7, 11) is 1.96. The van der Waals surface area contributed by atoms with E-state index in [-0.39, 0.29) is 0 Å². The van der Waals surface area contributed by atoms with E-state index in [1.807, 2.05) is 11.7 Å². The minimum atomic E-state index is 0.633. The molecular weight excluding hydrogens is 222 g/mol. The van der Waals surface area contributed by atoms with Crippen LogP contribution in [0, 0.1) is 20.8 Å². The fourth-order valence-electron chi connectivity index (χ4n) is 2.33. The monoisotopic (exact) mass is 243 g/mol. The smallest absolute Gasteiger partial charge is 0.0715 e. The molecule has 3 nitrogen and oxygen atoms in total. The van der Waals surface area contributed by atoms with Crippen LogP contribution >= 0.6 is 0 Å². The first-order valence-corrected chi connectivity index (χ1v) is 6.33. The van der Waals surface area contributed by atoms with Gasteiger partial charge in [-0.05, 0) is 49.6 Å². The highest BCUT2D eigenvalue weighted by Gasteiger charge is 2.12. The lowest BCUT2D eigenvalue weighted by molar-refractivity contribution is 0.739. The molecule has 18 heavy (non-hydrogen) atoms. The van der Waals surface area contributed by atoms with Gasteiger partial charge in [-0.15, -0.1) is 0 Å². The predicted molar refractivity (Wildman–Crippen MR) is 75.6 cm³/mol. The average Bonchev–Trinajstić information content (AvgIpc) is 2.65. The molecule has 0 bridgehead atoms. The Hall–Kier alpha value is -1.61. The second-order valence-electron chi connectivity index (χ2n) is 4.95. The fraction of sp³-hybridized carbons (Fsp3) is 0.400. The predicted octanol–water partition coefficient (Wildman–Crippen LogP) is 2.51. The number of rotatable bonds is 3. The molecule has 96 valence electrons. The van der Waals surface area contributed by atoms with E-state index in [9.17, 15) is 0 Å². The second-order valence-corrected chi connectivity index (χ2v) is 4.95. The number of nitrogens with zero attached hydrogens (tertiary/aromatic N) is 2. The van der Waals surface area contributed by atoms with E-state index in [1.165, 1.54) is 27.8 Å². The fourth-order valence-corrected chi connectivity index (χ4v) is 2.33. The number of aromatic nitrogens is 2. The van der Waals surface area contributed by atoms with Crippen LogP contribution in [0.15, 0.2) is 18.3 Å². The Bertz CT molecular complexity index is 567. The SMILES string of the molecule is Cc1cc(C)c(-c2cn(C)nc2CCN)cc1C. The van der Waals surface area contributed by atoms with Crippen LogP contribution in [0.25, 0.3) is 11.1 Å². The third kappa shape index (κ3) is 2.31. The van der Waals surface area contributed by atoms with Gasteiger partial charge in [0.25, 0.3) is 0 Å². The van der Waals surface area contributed by atoms with Crippen molar-refractivity contribution in [3.05, 3.63) is 40.7 Å². The lowest BCUT2D eigenvalue weighted by Crippen LogP contribution is -2.05. The van der Waals surface area contributed by atoms with Gasteiger partial charge in [0.2, 0.25) is 0 Å². The van der Waals surface area contributed by atoms with Crippen molar-refractivity contribution in [2.75, 3.05) is 6.54 Å². The van der Waals surface area contributed by atoms with Gasteiger partial charge in [-0.2, -0.15) is 5.10 Å². The van der Waals surface area contributed by atoms with Gasteiger partial charge in [0, 0.05) is 25.2 Å². The third-order valence-corrected chi connectivity index (χ3v) is 3.42. The molecule has 0 amide bonds. The largest absolute Gasteiger partial charge is 0.330 e. The van der Waals surface area contributed by atoms with Gasteiger partial charge in [0.1, 0.15) is 0 Å². The standard InChI is InChI=1S/C15H21N3/c1-10-7-12(3)13(8-11(10)2)14-9-18(4)17-15(14)5-6-16/h7-9H,5-6,16H2,1-4H3. The van der Waals surface area contributed by atoms with E-state index in [4.69, 9.17) is 5.73 Å². The Morgan fingerprint density at radius 3 is 2.39 bits per heavy atom. The van der Waals surface area contributed by atoms with Crippen LogP contribution < -0.4 is 5.73 Å². The van der Waals surface area contributed by atoms with E-state index in [1.54, 1.807) is 0 Å². The zero-order chi connectivity index (χ0) is 13.3. The maximum Gasteiger partial charge on any atom is 0.0715 e. The Morgan fingerprint density at radius 2 is 1.72 bits per heavy atom. The van der Waals surface area contributed by atoms with Crippen molar-refractivity contribution < 1.29 is 0 Å². The molecule has 1 aromatic carbocycles. The van der Waals surface area contributed by atoms with Gasteiger partial charge in [-0.3, -0.25) is 4.68 Å². The topological polar surface area (TPSA) is 43.8 Å². The quantitative estimate of drug-likeness (QED) is 0.900. The summed E-state index contributed by atoms with van der Waals surface area (Å²) in [6.07, 6.45) is 2.91. The summed E-state index contributed by atoms with van der Waals surface area (Å²) in [5.41, 5.74) is 13.2. The zero-order valence-electron chi connectivity index (χ0n) is 11.6. The molecule has 0 atom stereocenters. The molecule has 0 saturated carbocycles. The molecular formula is C15H21N3. The molecule has 1 aromatic heterocycles. The average molecular weight is 243 g/mol. The highest BCUT2D eigenvalue weighted by molar-refractivity contribution is 5.70. The summed E-state index contributed by atoms with van der Waals surface area (Å²) in [5, 5.41) is 4.51. The van der Waals surface area contributed by atoms with Gasteiger partial charge in [0.15, 0.2) is 0 Å². The summed E-state index contributed by atoms with van der Waals surface area (Å²) >= 11 is 0. The maximum absolute atomic E-state index is 5.66. The lowest BCUT2D eigenvalue weighted by atomic mass is 9.95. The molecule has 0 saturated heterocycles. The second kappa shape index (κ2) is 4.94. The van der Waals surface area contributed by atoms with Crippen molar-refractivity contribution in [3.63, 3.8) is 0 Å². The van der Waals surface area contributed by atoms with Crippen LogP contribution in [-0.4, -0.2) is 16.3 Å². The van der Waals surface area contributed by atoms with Crippen LogP contribution in [0.1, 0.15) is 22.4 Å².